The van der Waals surface area contributed by atoms with Gasteiger partial charge in [-0.05, 0) is 42.5 Å². The van der Waals surface area contributed by atoms with E-state index >= 15 is 0 Å². The Morgan fingerprint density at radius 2 is 2.09 bits per heavy atom. The zero-order valence-corrected chi connectivity index (χ0v) is 14.2. The molecule has 0 fully saturated rings. The van der Waals surface area contributed by atoms with Gasteiger partial charge in [0.05, 0.1) is 5.69 Å². The van der Waals surface area contributed by atoms with Crippen LogP contribution in [0.5, 0.6) is 0 Å². The minimum atomic E-state index is -0.123. The molecule has 0 saturated carbocycles. The fourth-order valence-electron chi connectivity index (χ4n) is 2.28. The smallest absolute Gasteiger partial charge is 0.269 e. The predicted octanol–water partition coefficient (Wildman–Crippen LogP) is 3.51. The molecule has 2 rings (SSSR count). The van der Waals surface area contributed by atoms with Gasteiger partial charge >= 0.3 is 0 Å². The third kappa shape index (κ3) is 4.10. The Balaban J connectivity index is 2.02. The highest BCUT2D eigenvalue weighted by molar-refractivity contribution is 6.31. The highest BCUT2D eigenvalue weighted by Crippen LogP contribution is 2.16. The van der Waals surface area contributed by atoms with E-state index in [9.17, 15) is 4.79 Å². The van der Waals surface area contributed by atoms with Crippen molar-refractivity contribution < 1.29 is 4.79 Å². The summed E-state index contributed by atoms with van der Waals surface area (Å²) in [4.78, 5) is 12.3. The lowest BCUT2D eigenvalue weighted by molar-refractivity contribution is 0.0941. The van der Waals surface area contributed by atoms with Crippen LogP contribution in [-0.2, 0) is 20.0 Å². The molecule has 1 amide bonds. The van der Waals surface area contributed by atoms with Crippen LogP contribution < -0.4 is 5.32 Å². The SMILES string of the molecule is Cc1ccc(CNC(=O)c2cc(CC(C)C)nn2C)cc1Cl. The lowest BCUT2D eigenvalue weighted by atomic mass is 10.1. The second kappa shape index (κ2) is 6.97. The number of rotatable bonds is 5. The first kappa shape index (κ1) is 16.6. The maximum Gasteiger partial charge on any atom is 0.269 e. The Kier molecular flexibility index (Phi) is 5.24. The molecule has 0 atom stereocenters. The number of hydrogen-bond acceptors (Lipinski definition) is 2. The Hall–Kier alpha value is -1.81. The molecule has 118 valence electrons. The standard InChI is InChI=1S/C17H22ClN3O/c1-11(2)7-14-9-16(21(4)20-14)17(22)19-10-13-6-5-12(3)15(18)8-13/h5-6,8-9,11H,7,10H2,1-4H3,(H,19,22). The zero-order valence-electron chi connectivity index (χ0n) is 13.5. The number of benzene rings is 1. The van der Waals surface area contributed by atoms with Crippen LogP contribution in [0.1, 0.15) is 41.2 Å². The van der Waals surface area contributed by atoms with Gasteiger partial charge in [-0.15, -0.1) is 0 Å². The summed E-state index contributed by atoms with van der Waals surface area (Å²) in [6.45, 7) is 6.67. The minimum absolute atomic E-state index is 0.123. The van der Waals surface area contributed by atoms with Gasteiger partial charge in [0, 0.05) is 18.6 Å². The summed E-state index contributed by atoms with van der Waals surface area (Å²) < 4.78 is 1.63. The average Bonchev–Trinajstić information content (AvgIpc) is 2.79. The van der Waals surface area contributed by atoms with E-state index in [1.807, 2.05) is 31.2 Å². The van der Waals surface area contributed by atoms with E-state index < -0.39 is 0 Å². The van der Waals surface area contributed by atoms with Crippen molar-refractivity contribution in [2.75, 3.05) is 0 Å². The Morgan fingerprint density at radius 3 is 2.73 bits per heavy atom. The van der Waals surface area contributed by atoms with Gasteiger partial charge in [0.25, 0.3) is 5.91 Å². The van der Waals surface area contributed by atoms with Crippen molar-refractivity contribution in [3.8, 4) is 0 Å². The number of hydrogen-bond donors (Lipinski definition) is 1. The zero-order chi connectivity index (χ0) is 16.3. The topological polar surface area (TPSA) is 46.9 Å². The molecular formula is C17H22ClN3O. The van der Waals surface area contributed by atoms with Crippen LogP contribution >= 0.6 is 11.6 Å². The second-order valence-electron chi connectivity index (χ2n) is 6.01. The fraction of sp³-hybridized carbons (Fsp3) is 0.412. The molecule has 0 spiro atoms. The van der Waals surface area contributed by atoms with Crippen LogP contribution in [0.25, 0.3) is 0 Å². The van der Waals surface area contributed by atoms with E-state index in [1.54, 1.807) is 11.7 Å². The lowest BCUT2D eigenvalue weighted by Gasteiger charge is -2.07. The highest BCUT2D eigenvalue weighted by atomic mass is 35.5. The van der Waals surface area contributed by atoms with Crippen LogP contribution in [0, 0.1) is 12.8 Å². The van der Waals surface area contributed by atoms with Gasteiger partial charge in [-0.25, -0.2) is 0 Å². The Bertz CT molecular complexity index is 677. The highest BCUT2D eigenvalue weighted by Gasteiger charge is 2.13. The molecule has 0 aliphatic carbocycles. The molecule has 22 heavy (non-hydrogen) atoms. The number of aromatic nitrogens is 2. The molecule has 2 aromatic rings. The first-order chi connectivity index (χ1) is 10.4. The first-order valence-electron chi connectivity index (χ1n) is 7.43. The van der Waals surface area contributed by atoms with Crippen molar-refractivity contribution in [1.29, 1.82) is 0 Å². The molecular weight excluding hydrogens is 298 g/mol. The third-order valence-electron chi connectivity index (χ3n) is 3.47. The van der Waals surface area contributed by atoms with E-state index in [-0.39, 0.29) is 5.91 Å². The van der Waals surface area contributed by atoms with Gasteiger partial charge in [0.15, 0.2) is 0 Å². The number of amides is 1. The summed E-state index contributed by atoms with van der Waals surface area (Å²) in [6.07, 6.45) is 0.870. The second-order valence-corrected chi connectivity index (χ2v) is 6.42. The van der Waals surface area contributed by atoms with Crippen LogP contribution in [-0.4, -0.2) is 15.7 Å². The van der Waals surface area contributed by atoms with Gasteiger partial charge in [-0.1, -0.05) is 37.6 Å². The lowest BCUT2D eigenvalue weighted by Crippen LogP contribution is -2.25. The van der Waals surface area contributed by atoms with Gasteiger partial charge in [0.1, 0.15) is 5.69 Å². The third-order valence-corrected chi connectivity index (χ3v) is 3.88. The van der Waals surface area contributed by atoms with Crippen molar-refractivity contribution >= 4 is 17.5 Å². The molecule has 1 aromatic heterocycles. The molecule has 1 N–H and O–H groups in total. The van der Waals surface area contributed by atoms with Gasteiger partial charge in [-0.3, -0.25) is 9.48 Å². The Morgan fingerprint density at radius 1 is 1.36 bits per heavy atom. The van der Waals surface area contributed by atoms with Crippen LogP contribution in [0.4, 0.5) is 0 Å². The first-order valence-corrected chi connectivity index (χ1v) is 7.80. The van der Waals surface area contributed by atoms with Crippen LogP contribution in [0.3, 0.4) is 0 Å². The van der Waals surface area contributed by atoms with Crippen molar-refractivity contribution in [1.82, 2.24) is 15.1 Å². The van der Waals surface area contributed by atoms with Gasteiger partial charge < -0.3 is 5.32 Å². The largest absolute Gasteiger partial charge is 0.347 e. The maximum absolute atomic E-state index is 12.3. The monoisotopic (exact) mass is 319 g/mol. The maximum atomic E-state index is 12.3. The fourth-order valence-corrected chi connectivity index (χ4v) is 2.48. The summed E-state index contributed by atoms with van der Waals surface area (Å²) in [5, 5.41) is 8.01. The Labute approximate surface area is 136 Å². The molecule has 0 radical (unpaired) electrons. The summed E-state index contributed by atoms with van der Waals surface area (Å²) in [6, 6.07) is 7.66. The number of aryl methyl sites for hydroxylation is 2. The van der Waals surface area contributed by atoms with Crippen molar-refractivity contribution in [3.05, 3.63) is 51.8 Å². The molecule has 0 bridgehead atoms. The van der Waals surface area contributed by atoms with Crippen molar-refractivity contribution in [2.24, 2.45) is 13.0 Å². The molecule has 4 nitrogen and oxygen atoms in total. The minimum Gasteiger partial charge on any atom is -0.347 e. The number of carbonyl (C=O) groups is 1. The van der Waals surface area contributed by atoms with Crippen molar-refractivity contribution in [2.45, 2.75) is 33.7 Å². The molecule has 5 heteroatoms. The van der Waals surface area contributed by atoms with Crippen molar-refractivity contribution in [3.63, 3.8) is 0 Å². The van der Waals surface area contributed by atoms with Crippen LogP contribution in [0.15, 0.2) is 24.3 Å². The molecule has 1 aromatic carbocycles. The predicted molar refractivity (Wildman–Crippen MR) is 89.1 cm³/mol. The average molecular weight is 320 g/mol. The summed E-state index contributed by atoms with van der Waals surface area (Å²) in [5.41, 5.74) is 3.53. The van der Waals surface area contributed by atoms with E-state index in [1.165, 1.54) is 0 Å². The van der Waals surface area contributed by atoms with Gasteiger partial charge in [0.2, 0.25) is 0 Å². The summed E-state index contributed by atoms with van der Waals surface area (Å²) >= 11 is 6.10. The van der Waals surface area contributed by atoms with E-state index in [0.29, 0.717) is 23.2 Å². The number of carbonyl (C=O) groups excluding carboxylic acids is 1. The number of nitrogens with one attached hydrogen (secondary N) is 1. The molecule has 0 unspecified atom stereocenters. The summed E-state index contributed by atoms with van der Waals surface area (Å²) in [5.74, 6) is 0.391. The van der Waals surface area contributed by atoms with Gasteiger partial charge in [-0.2, -0.15) is 5.10 Å². The normalized spacial score (nSPS) is 11.0. The number of nitrogens with zero attached hydrogens (tertiary/aromatic N) is 2. The summed E-state index contributed by atoms with van der Waals surface area (Å²) in [7, 11) is 1.79. The number of halogens is 1. The molecule has 0 aliphatic rings. The van der Waals surface area contributed by atoms with E-state index in [4.69, 9.17) is 11.6 Å². The molecule has 0 saturated heterocycles. The van der Waals surface area contributed by atoms with E-state index in [2.05, 4.69) is 24.3 Å². The van der Waals surface area contributed by atoms with E-state index in [0.717, 1.165) is 23.2 Å². The van der Waals surface area contributed by atoms with Crippen LogP contribution in [0.2, 0.25) is 5.02 Å². The quantitative estimate of drug-likeness (QED) is 0.916. The molecule has 1 heterocycles. The molecule has 0 aliphatic heterocycles.